The minimum absolute atomic E-state index is 0.0548. The van der Waals surface area contributed by atoms with Gasteiger partial charge in [0.2, 0.25) is 10.0 Å². The summed E-state index contributed by atoms with van der Waals surface area (Å²) in [6.45, 7) is 4.71. The lowest BCUT2D eigenvalue weighted by Crippen LogP contribution is -2.33. The Morgan fingerprint density at radius 3 is 2.62 bits per heavy atom. The molecule has 1 saturated heterocycles. The lowest BCUT2D eigenvalue weighted by atomic mass is 10.1. The van der Waals surface area contributed by atoms with Crippen LogP contribution in [0.25, 0.3) is 0 Å². The number of aryl methyl sites for hydroxylation is 1. The van der Waals surface area contributed by atoms with Gasteiger partial charge in [-0.3, -0.25) is 0 Å². The fourth-order valence-electron chi connectivity index (χ4n) is 2.45. The molecule has 0 aromatic carbocycles. The van der Waals surface area contributed by atoms with Gasteiger partial charge in [-0.1, -0.05) is 0 Å². The van der Waals surface area contributed by atoms with Crippen LogP contribution >= 0.6 is 0 Å². The second-order valence-electron chi connectivity index (χ2n) is 5.70. The zero-order chi connectivity index (χ0) is 15.8. The van der Waals surface area contributed by atoms with Gasteiger partial charge in [0.15, 0.2) is 0 Å². The third-order valence-electron chi connectivity index (χ3n) is 4.00. The molecule has 1 fully saturated rings. The molecule has 0 spiro atoms. The summed E-state index contributed by atoms with van der Waals surface area (Å²) in [5.41, 5.74) is 1.85. The number of nitrogens with zero attached hydrogens (tertiary/aromatic N) is 4. The molecule has 0 aliphatic carbocycles. The lowest BCUT2D eigenvalue weighted by molar-refractivity contribution is 0.157. The molecule has 0 amide bonds. The molecule has 0 bridgehead atoms. The van der Waals surface area contributed by atoms with E-state index in [1.54, 1.807) is 0 Å². The quantitative estimate of drug-likeness (QED) is 0.827. The number of rotatable bonds is 4. The monoisotopic (exact) mass is 314 g/mol. The Morgan fingerprint density at radius 2 is 2.00 bits per heavy atom. The number of aliphatic hydroxyl groups is 1. The van der Waals surface area contributed by atoms with Gasteiger partial charge in [-0.15, -0.1) is 0 Å². The van der Waals surface area contributed by atoms with E-state index in [9.17, 15) is 13.5 Å². The van der Waals surface area contributed by atoms with E-state index in [1.165, 1.54) is 24.7 Å². The first-order valence-electron chi connectivity index (χ1n) is 6.83. The summed E-state index contributed by atoms with van der Waals surface area (Å²) in [6.07, 6.45) is 0.822. The number of anilines is 1. The molecule has 1 N–H and O–H groups in total. The fraction of sp³-hybridized carbons (Fsp3) is 0.692. The molecular formula is C13H22N4O3S. The molecule has 21 heavy (non-hydrogen) atoms. The van der Waals surface area contributed by atoms with Crippen molar-refractivity contribution in [1.82, 2.24) is 14.3 Å². The molecule has 1 aromatic rings. The number of aliphatic hydroxyl groups excluding tert-OH is 1. The molecule has 118 valence electrons. The average molecular weight is 314 g/mol. The Morgan fingerprint density at radius 1 is 1.33 bits per heavy atom. The third kappa shape index (κ3) is 3.33. The van der Waals surface area contributed by atoms with Crippen molar-refractivity contribution in [3.63, 3.8) is 0 Å². The van der Waals surface area contributed by atoms with Gasteiger partial charge in [-0.05, 0) is 13.8 Å². The van der Waals surface area contributed by atoms with Gasteiger partial charge >= 0.3 is 0 Å². The van der Waals surface area contributed by atoms with Crippen LogP contribution in [0.3, 0.4) is 0 Å². The lowest BCUT2D eigenvalue weighted by Gasteiger charge is -2.20. The second-order valence-corrected chi connectivity index (χ2v) is 7.93. The van der Waals surface area contributed by atoms with E-state index >= 15 is 0 Å². The van der Waals surface area contributed by atoms with E-state index < -0.39 is 16.1 Å². The standard InChI is InChI=1S/C13H22N4O3S/c1-9-10(2)14-8-15-13(9)17-5-11(12(18)6-17)7-21(19,20)16(3)4/h8,11-12,18H,5-7H2,1-4H3/t11-,12+/m0/s1. The Kier molecular flexibility index (Phi) is 4.50. The van der Waals surface area contributed by atoms with Gasteiger partial charge in [0.05, 0.1) is 11.9 Å². The van der Waals surface area contributed by atoms with E-state index in [1.807, 2.05) is 18.7 Å². The number of β-amino-alcohol motifs (C(OH)–C–C–N with tert-alkyl or cyclic N) is 1. The van der Waals surface area contributed by atoms with Crippen LogP contribution in [0.15, 0.2) is 6.33 Å². The summed E-state index contributed by atoms with van der Waals surface area (Å²) >= 11 is 0. The normalized spacial score (nSPS) is 23.0. The van der Waals surface area contributed by atoms with Crippen LogP contribution in [0, 0.1) is 19.8 Å². The molecule has 0 radical (unpaired) electrons. The van der Waals surface area contributed by atoms with Gasteiger partial charge in [0.1, 0.15) is 12.1 Å². The number of aromatic nitrogens is 2. The number of hydrogen-bond donors (Lipinski definition) is 1. The Balaban J connectivity index is 2.16. The summed E-state index contributed by atoms with van der Waals surface area (Å²) in [5.74, 6) is 0.402. The topological polar surface area (TPSA) is 86.6 Å². The molecule has 2 atom stereocenters. The molecular weight excluding hydrogens is 292 g/mol. The molecule has 0 unspecified atom stereocenters. The Hall–Kier alpha value is -1.25. The predicted molar refractivity (Wildman–Crippen MR) is 80.7 cm³/mol. The second kappa shape index (κ2) is 5.86. The van der Waals surface area contributed by atoms with Crippen molar-refractivity contribution in [3.8, 4) is 0 Å². The summed E-state index contributed by atoms with van der Waals surface area (Å²) in [5, 5.41) is 10.2. The summed E-state index contributed by atoms with van der Waals surface area (Å²) in [6, 6.07) is 0. The molecule has 1 aliphatic rings. The first-order chi connectivity index (χ1) is 9.72. The summed E-state index contributed by atoms with van der Waals surface area (Å²) < 4.78 is 25.1. The largest absolute Gasteiger partial charge is 0.391 e. The maximum Gasteiger partial charge on any atom is 0.214 e. The highest BCUT2D eigenvalue weighted by Crippen LogP contribution is 2.27. The van der Waals surface area contributed by atoms with E-state index in [4.69, 9.17) is 0 Å². The molecule has 1 aliphatic heterocycles. The van der Waals surface area contributed by atoms with Gasteiger partial charge in [0.25, 0.3) is 0 Å². The van der Waals surface area contributed by atoms with Crippen LogP contribution in [0.1, 0.15) is 11.3 Å². The van der Waals surface area contributed by atoms with Gasteiger partial charge in [0, 0.05) is 44.4 Å². The zero-order valence-corrected chi connectivity index (χ0v) is 13.6. The van der Waals surface area contributed by atoms with Crippen molar-refractivity contribution in [2.24, 2.45) is 5.92 Å². The molecule has 7 nitrogen and oxygen atoms in total. The van der Waals surface area contributed by atoms with Crippen molar-refractivity contribution in [3.05, 3.63) is 17.6 Å². The number of hydrogen-bond acceptors (Lipinski definition) is 6. The molecule has 1 aromatic heterocycles. The van der Waals surface area contributed by atoms with Crippen LogP contribution in [0.5, 0.6) is 0 Å². The van der Waals surface area contributed by atoms with E-state index in [0.29, 0.717) is 13.1 Å². The van der Waals surface area contributed by atoms with E-state index in [0.717, 1.165) is 17.1 Å². The van der Waals surface area contributed by atoms with Crippen molar-refractivity contribution >= 4 is 15.8 Å². The van der Waals surface area contributed by atoms with Crippen LogP contribution < -0.4 is 4.90 Å². The highest BCUT2D eigenvalue weighted by atomic mass is 32.2. The molecule has 2 heterocycles. The predicted octanol–water partition coefficient (Wildman–Crippen LogP) is -0.218. The molecule has 8 heteroatoms. The number of sulfonamides is 1. The van der Waals surface area contributed by atoms with Crippen molar-refractivity contribution in [2.75, 3.05) is 37.8 Å². The van der Waals surface area contributed by atoms with Crippen LogP contribution in [0.2, 0.25) is 0 Å². The van der Waals surface area contributed by atoms with Gasteiger partial charge in [-0.2, -0.15) is 0 Å². The SMILES string of the molecule is Cc1ncnc(N2C[C@@H](CS(=O)(=O)N(C)C)[C@H](O)C2)c1C. The smallest absolute Gasteiger partial charge is 0.214 e. The highest BCUT2D eigenvalue weighted by Gasteiger charge is 2.36. The van der Waals surface area contributed by atoms with Crippen LogP contribution in [-0.2, 0) is 10.0 Å². The maximum absolute atomic E-state index is 12.0. The first kappa shape index (κ1) is 16.1. The van der Waals surface area contributed by atoms with E-state index in [-0.39, 0.29) is 11.7 Å². The van der Waals surface area contributed by atoms with Crippen molar-refractivity contribution < 1.29 is 13.5 Å². The highest BCUT2D eigenvalue weighted by molar-refractivity contribution is 7.89. The summed E-state index contributed by atoms with van der Waals surface area (Å²) in [7, 11) is -0.312. The Bertz CT molecular complexity index is 618. The van der Waals surface area contributed by atoms with Crippen molar-refractivity contribution in [2.45, 2.75) is 20.0 Å². The maximum atomic E-state index is 12.0. The third-order valence-corrected chi connectivity index (χ3v) is 5.96. The zero-order valence-electron chi connectivity index (χ0n) is 12.8. The average Bonchev–Trinajstić information content (AvgIpc) is 2.73. The fourth-order valence-corrected chi connectivity index (χ4v) is 3.62. The van der Waals surface area contributed by atoms with Crippen LogP contribution in [0.4, 0.5) is 5.82 Å². The first-order valence-corrected chi connectivity index (χ1v) is 8.44. The molecule has 2 rings (SSSR count). The summed E-state index contributed by atoms with van der Waals surface area (Å²) in [4.78, 5) is 10.3. The van der Waals surface area contributed by atoms with E-state index in [2.05, 4.69) is 9.97 Å². The van der Waals surface area contributed by atoms with Gasteiger partial charge < -0.3 is 10.0 Å². The molecule has 0 saturated carbocycles. The minimum atomic E-state index is -3.32. The Labute approximate surface area is 125 Å². The van der Waals surface area contributed by atoms with Crippen LogP contribution in [-0.4, -0.2) is 66.8 Å². The minimum Gasteiger partial charge on any atom is -0.391 e. The van der Waals surface area contributed by atoms with Gasteiger partial charge in [-0.25, -0.2) is 22.7 Å². The van der Waals surface area contributed by atoms with Crippen molar-refractivity contribution in [1.29, 1.82) is 0 Å².